The monoisotopic (exact) mass is 276 g/mol. The minimum atomic E-state index is 0.339. The average molecular weight is 276 g/mol. The van der Waals surface area contributed by atoms with Crippen LogP contribution in [0.15, 0.2) is 53.7 Å². The van der Waals surface area contributed by atoms with Crippen molar-refractivity contribution in [2.24, 2.45) is 0 Å². The molecule has 18 heavy (non-hydrogen) atoms. The molecule has 5 heteroatoms. The maximum atomic E-state index is 5.42. The highest BCUT2D eigenvalue weighted by Gasteiger charge is 1.99. The first-order chi connectivity index (χ1) is 8.74. The fourth-order valence-electron chi connectivity index (χ4n) is 1.33. The van der Waals surface area contributed by atoms with Crippen LogP contribution in [0.5, 0.6) is 0 Å². The number of rotatable bonds is 3. The third-order valence-electron chi connectivity index (χ3n) is 2.21. The van der Waals surface area contributed by atoms with Gasteiger partial charge in [0.1, 0.15) is 6.61 Å². The highest BCUT2D eigenvalue weighted by atomic mass is 32.1. The molecule has 0 spiro atoms. The fraction of sp³-hybridized carbons (Fsp3) is 0.0769. The predicted molar refractivity (Wildman–Crippen MR) is 78.9 cm³/mol. The zero-order valence-corrected chi connectivity index (χ0v) is 11.2. The molecule has 0 saturated carbocycles. The van der Waals surface area contributed by atoms with Gasteiger partial charge >= 0.3 is 0 Å². The summed E-state index contributed by atoms with van der Waals surface area (Å²) in [5.74, 6) is 0. The Balaban J connectivity index is 1.84. The molecule has 0 aliphatic heterocycles. The van der Waals surface area contributed by atoms with Gasteiger partial charge in [0.2, 0.25) is 0 Å². The lowest BCUT2D eigenvalue weighted by atomic mass is 10.3. The summed E-state index contributed by atoms with van der Waals surface area (Å²) in [6.45, 7) is 0.407. The summed E-state index contributed by atoms with van der Waals surface area (Å²) in [7, 11) is 0. The molecule has 1 heterocycles. The van der Waals surface area contributed by atoms with Gasteiger partial charge in [-0.1, -0.05) is 6.07 Å². The SMILES string of the molecule is S=C(Nc1ccc(S)cc1)OCc1cccnc1. The lowest BCUT2D eigenvalue weighted by Crippen LogP contribution is -2.13. The summed E-state index contributed by atoms with van der Waals surface area (Å²) < 4.78 is 5.42. The lowest BCUT2D eigenvalue weighted by molar-refractivity contribution is 0.299. The van der Waals surface area contributed by atoms with E-state index < -0.39 is 0 Å². The summed E-state index contributed by atoms with van der Waals surface area (Å²) in [5, 5.41) is 3.33. The first-order valence-corrected chi connectivity index (χ1v) is 6.21. The van der Waals surface area contributed by atoms with Gasteiger partial charge < -0.3 is 10.1 Å². The number of thiol groups is 1. The van der Waals surface area contributed by atoms with Crippen LogP contribution in [0, 0.1) is 0 Å². The van der Waals surface area contributed by atoms with Crippen LogP contribution in [0.4, 0.5) is 5.69 Å². The number of ether oxygens (including phenoxy) is 1. The fourth-order valence-corrected chi connectivity index (χ4v) is 1.66. The molecule has 1 aromatic carbocycles. The first-order valence-electron chi connectivity index (χ1n) is 5.36. The Kier molecular flexibility index (Phi) is 4.55. The van der Waals surface area contributed by atoms with E-state index in [-0.39, 0.29) is 0 Å². The van der Waals surface area contributed by atoms with Gasteiger partial charge in [0, 0.05) is 28.5 Å². The molecule has 3 nitrogen and oxygen atoms in total. The third kappa shape index (κ3) is 4.01. The predicted octanol–water partition coefficient (Wildman–Crippen LogP) is 3.28. The molecule has 2 rings (SSSR count). The summed E-state index contributed by atoms with van der Waals surface area (Å²) in [4.78, 5) is 4.91. The van der Waals surface area contributed by atoms with Crippen molar-refractivity contribution < 1.29 is 4.74 Å². The van der Waals surface area contributed by atoms with Gasteiger partial charge in [-0.05, 0) is 42.5 Å². The molecule has 1 aromatic heterocycles. The molecule has 0 fully saturated rings. The van der Waals surface area contributed by atoms with Crippen LogP contribution in [-0.2, 0) is 11.3 Å². The number of nitrogens with one attached hydrogen (secondary N) is 1. The molecule has 0 aliphatic rings. The van der Waals surface area contributed by atoms with E-state index in [4.69, 9.17) is 17.0 Å². The summed E-state index contributed by atoms with van der Waals surface area (Å²) in [5.41, 5.74) is 1.86. The Bertz CT molecular complexity index is 514. The number of anilines is 1. The van der Waals surface area contributed by atoms with Gasteiger partial charge in [0.25, 0.3) is 5.17 Å². The largest absolute Gasteiger partial charge is 0.466 e. The molecule has 0 atom stereocenters. The zero-order valence-electron chi connectivity index (χ0n) is 9.54. The molecular weight excluding hydrogens is 264 g/mol. The Morgan fingerprint density at radius 1 is 1.28 bits per heavy atom. The van der Waals surface area contributed by atoms with Crippen molar-refractivity contribution in [3.63, 3.8) is 0 Å². The van der Waals surface area contributed by atoms with Crippen LogP contribution >= 0.6 is 24.8 Å². The van der Waals surface area contributed by atoms with E-state index in [0.717, 1.165) is 16.1 Å². The summed E-state index contributed by atoms with van der Waals surface area (Å²) in [6.07, 6.45) is 3.47. The number of nitrogens with zero attached hydrogens (tertiary/aromatic N) is 1. The van der Waals surface area contributed by atoms with E-state index in [9.17, 15) is 0 Å². The number of aromatic nitrogens is 1. The second-order valence-electron chi connectivity index (χ2n) is 3.61. The van der Waals surface area contributed by atoms with Crippen LogP contribution in [-0.4, -0.2) is 10.2 Å². The topological polar surface area (TPSA) is 34.1 Å². The molecule has 1 N–H and O–H groups in total. The highest BCUT2D eigenvalue weighted by Crippen LogP contribution is 2.12. The van der Waals surface area contributed by atoms with Gasteiger partial charge in [0.15, 0.2) is 0 Å². The van der Waals surface area contributed by atoms with E-state index in [1.807, 2.05) is 36.4 Å². The van der Waals surface area contributed by atoms with Crippen molar-refractivity contribution in [3.8, 4) is 0 Å². The lowest BCUT2D eigenvalue weighted by Gasteiger charge is -2.09. The van der Waals surface area contributed by atoms with Gasteiger partial charge in [-0.3, -0.25) is 4.98 Å². The van der Waals surface area contributed by atoms with Crippen LogP contribution in [0.25, 0.3) is 0 Å². The second kappa shape index (κ2) is 6.37. The van der Waals surface area contributed by atoms with Gasteiger partial charge in [-0.2, -0.15) is 0 Å². The number of benzene rings is 1. The second-order valence-corrected chi connectivity index (χ2v) is 4.50. The summed E-state index contributed by atoms with van der Waals surface area (Å²) in [6, 6.07) is 11.3. The van der Waals surface area contributed by atoms with Gasteiger partial charge in [0.05, 0.1) is 0 Å². The first kappa shape index (κ1) is 12.9. The number of thiocarbonyl (C=S) groups is 1. The van der Waals surface area contributed by atoms with E-state index in [0.29, 0.717) is 11.8 Å². The number of hydrogen-bond donors (Lipinski definition) is 2. The Hall–Kier alpha value is -1.59. The van der Waals surface area contributed by atoms with Gasteiger partial charge in [-0.25, -0.2) is 0 Å². The highest BCUT2D eigenvalue weighted by molar-refractivity contribution is 7.80. The quantitative estimate of drug-likeness (QED) is 0.666. The number of hydrogen-bond acceptors (Lipinski definition) is 4. The third-order valence-corrected chi connectivity index (χ3v) is 2.72. The Labute approximate surface area is 117 Å². The molecule has 0 saturated heterocycles. The number of pyridine rings is 1. The molecule has 0 bridgehead atoms. The van der Waals surface area contributed by atoms with E-state index >= 15 is 0 Å². The molecule has 0 unspecified atom stereocenters. The molecular formula is C13H12N2OS2. The van der Waals surface area contributed by atoms with Crippen LogP contribution in [0.3, 0.4) is 0 Å². The smallest absolute Gasteiger partial charge is 0.261 e. The Morgan fingerprint density at radius 3 is 2.72 bits per heavy atom. The van der Waals surface area contributed by atoms with Crippen molar-refractivity contribution in [1.29, 1.82) is 0 Å². The maximum absolute atomic E-state index is 5.42. The maximum Gasteiger partial charge on any atom is 0.261 e. The standard InChI is InChI=1S/C13H12N2OS2/c17-12-5-3-11(4-6-12)15-13(18)16-9-10-2-1-7-14-8-10/h1-8,17H,9H2,(H,15,18). The van der Waals surface area contributed by atoms with Crippen molar-refractivity contribution >= 4 is 35.7 Å². The van der Waals surface area contributed by atoms with E-state index in [1.54, 1.807) is 12.4 Å². The van der Waals surface area contributed by atoms with Crippen LogP contribution in [0.1, 0.15) is 5.56 Å². The average Bonchev–Trinajstić information content (AvgIpc) is 2.40. The minimum Gasteiger partial charge on any atom is -0.466 e. The van der Waals surface area contributed by atoms with Crippen LogP contribution < -0.4 is 5.32 Å². The van der Waals surface area contributed by atoms with Crippen molar-refractivity contribution in [1.82, 2.24) is 4.98 Å². The van der Waals surface area contributed by atoms with Crippen LogP contribution in [0.2, 0.25) is 0 Å². The molecule has 2 aromatic rings. The Morgan fingerprint density at radius 2 is 2.06 bits per heavy atom. The van der Waals surface area contributed by atoms with Gasteiger partial charge in [-0.15, -0.1) is 12.6 Å². The normalized spacial score (nSPS) is 9.83. The van der Waals surface area contributed by atoms with Crippen molar-refractivity contribution in [2.45, 2.75) is 11.5 Å². The zero-order chi connectivity index (χ0) is 12.8. The van der Waals surface area contributed by atoms with E-state index in [2.05, 4.69) is 22.9 Å². The van der Waals surface area contributed by atoms with Crippen molar-refractivity contribution in [2.75, 3.05) is 5.32 Å². The molecule has 92 valence electrons. The minimum absolute atomic E-state index is 0.339. The molecule has 0 aliphatic carbocycles. The molecule has 0 amide bonds. The van der Waals surface area contributed by atoms with Crippen molar-refractivity contribution in [3.05, 3.63) is 54.4 Å². The molecule has 0 radical (unpaired) electrons. The van der Waals surface area contributed by atoms with E-state index in [1.165, 1.54) is 0 Å². The summed E-state index contributed by atoms with van der Waals surface area (Å²) >= 11 is 9.31.